The van der Waals surface area contributed by atoms with E-state index in [1.807, 2.05) is 6.92 Å². The summed E-state index contributed by atoms with van der Waals surface area (Å²) in [4.78, 5) is 23.5. The molecule has 0 heterocycles. The first kappa shape index (κ1) is 13.4. The van der Waals surface area contributed by atoms with Crippen LogP contribution in [0.5, 0.6) is 0 Å². The molecule has 2 fully saturated rings. The summed E-state index contributed by atoms with van der Waals surface area (Å²) in [6.45, 7) is 2.27. The molecule has 0 aromatic rings. The molecule has 2 rings (SSSR count). The van der Waals surface area contributed by atoms with Crippen LogP contribution in [0.3, 0.4) is 0 Å². The lowest BCUT2D eigenvalue weighted by molar-refractivity contribution is -0.151. The molecule has 2 saturated carbocycles. The first-order valence-electron chi connectivity index (χ1n) is 7.00. The van der Waals surface area contributed by atoms with Crippen molar-refractivity contribution in [2.24, 2.45) is 10.8 Å². The number of hydrogen-bond donors (Lipinski definition) is 2. The lowest BCUT2D eigenvalue weighted by Crippen LogP contribution is -2.50. The molecule has 0 aromatic carbocycles. The molecule has 0 radical (unpaired) electrons. The summed E-state index contributed by atoms with van der Waals surface area (Å²) in [5.41, 5.74) is -0.956. The van der Waals surface area contributed by atoms with Crippen LogP contribution in [0.15, 0.2) is 0 Å². The molecule has 102 valence electrons. The van der Waals surface area contributed by atoms with Crippen molar-refractivity contribution < 1.29 is 14.7 Å². The third kappa shape index (κ3) is 2.38. The minimum absolute atomic E-state index is 0.0416. The topological polar surface area (TPSA) is 66.4 Å². The van der Waals surface area contributed by atoms with Crippen molar-refractivity contribution in [1.29, 1.82) is 0 Å². The van der Waals surface area contributed by atoms with Crippen LogP contribution in [0.25, 0.3) is 0 Å². The van der Waals surface area contributed by atoms with E-state index in [0.717, 1.165) is 38.5 Å². The van der Waals surface area contributed by atoms with Gasteiger partial charge < -0.3 is 10.4 Å². The zero-order chi connectivity index (χ0) is 13.2. The summed E-state index contributed by atoms with van der Waals surface area (Å²) in [6, 6.07) is 0. The van der Waals surface area contributed by atoms with Crippen LogP contribution in [0.4, 0.5) is 0 Å². The van der Waals surface area contributed by atoms with E-state index in [-0.39, 0.29) is 11.3 Å². The van der Waals surface area contributed by atoms with Crippen LogP contribution in [0.1, 0.15) is 58.3 Å². The van der Waals surface area contributed by atoms with E-state index >= 15 is 0 Å². The first-order valence-corrected chi connectivity index (χ1v) is 7.00. The quantitative estimate of drug-likeness (QED) is 0.808. The summed E-state index contributed by atoms with van der Waals surface area (Å²) >= 11 is 0. The van der Waals surface area contributed by atoms with Gasteiger partial charge in [-0.1, -0.05) is 32.6 Å². The van der Waals surface area contributed by atoms with E-state index in [9.17, 15) is 14.7 Å². The van der Waals surface area contributed by atoms with Gasteiger partial charge in [-0.15, -0.1) is 0 Å². The molecule has 4 heteroatoms. The second-order valence-corrected chi connectivity index (χ2v) is 6.24. The molecule has 0 spiro atoms. The normalized spacial score (nSPS) is 24.9. The fraction of sp³-hybridized carbons (Fsp3) is 0.857. The van der Waals surface area contributed by atoms with Gasteiger partial charge in [-0.2, -0.15) is 0 Å². The van der Waals surface area contributed by atoms with Crippen molar-refractivity contribution in [2.45, 2.75) is 58.3 Å². The smallest absolute Gasteiger partial charge is 0.311 e. The van der Waals surface area contributed by atoms with Crippen molar-refractivity contribution in [1.82, 2.24) is 5.32 Å². The molecular weight excluding hydrogens is 230 g/mol. The number of aliphatic carboxylic acids is 1. The van der Waals surface area contributed by atoms with Crippen LogP contribution < -0.4 is 5.32 Å². The molecule has 1 amide bonds. The molecule has 0 saturated heterocycles. The predicted molar refractivity (Wildman–Crippen MR) is 68.1 cm³/mol. The van der Waals surface area contributed by atoms with Crippen LogP contribution >= 0.6 is 0 Å². The van der Waals surface area contributed by atoms with E-state index in [0.29, 0.717) is 19.4 Å². The molecule has 0 aliphatic heterocycles. The number of carboxylic acid groups (broad SMARTS) is 1. The molecular formula is C14H23NO3. The number of amides is 1. The number of hydrogen-bond acceptors (Lipinski definition) is 2. The molecule has 0 atom stereocenters. The molecule has 4 nitrogen and oxygen atoms in total. The van der Waals surface area contributed by atoms with Gasteiger partial charge in [0.15, 0.2) is 0 Å². The molecule has 0 unspecified atom stereocenters. The average molecular weight is 253 g/mol. The third-order valence-corrected chi connectivity index (χ3v) is 4.86. The fourth-order valence-corrected chi connectivity index (χ4v) is 3.09. The number of carbonyl (C=O) groups is 2. The lowest BCUT2D eigenvalue weighted by atomic mass is 9.69. The van der Waals surface area contributed by atoms with Gasteiger partial charge in [0, 0.05) is 12.0 Å². The van der Waals surface area contributed by atoms with E-state index < -0.39 is 11.4 Å². The minimum atomic E-state index is -0.749. The monoisotopic (exact) mass is 253 g/mol. The molecule has 2 aliphatic carbocycles. The summed E-state index contributed by atoms with van der Waals surface area (Å²) in [5, 5.41) is 12.3. The Morgan fingerprint density at radius 3 is 2.11 bits per heavy atom. The van der Waals surface area contributed by atoms with E-state index in [1.54, 1.807) is 0 Å². The zero-order valence-corrected chi connectivity index (χ0v) is 11.1. The van der Waals surface area contributed by atoms with Gasteiger partial charge in [-0.25, -0.2) is 0 Å². The van der Waals surface area contributed by atoms with Crippen molar-refractivity contribution in [3.05, 3.63) is 0 Å². The Morgan fingerprint density at radius 2 is 1.67 bits per heavy atom. The Kier molecular flexibility index (Phi) is 3.64. The van der Waals surface area contributed by atoms with E-state index in [4.69, 9.17) is 0 Å². The summed E-state index contributed by atoms with van der Waals surface area (Å²) in [7, 11) is 0. The third-order valence-electron chi connectivity index (χ3n) is 4.86. The highest BCUT2D eigenvalue weighted by atomic mass is 16.4. The summed E-state index contributed by atoms with van der Waals surface area (Å²) in [5.74, 6) is -0.707. The van der Waals surface area contributed by atoms with Gasteiger partial charge in [0.05, 0.1) is 5.41 Å². The summed E-state index contributed by atoms with van der Waals surface area (Å²) < 4.78 is 0. The molecule has 2 aliphatic rings. The van der Waals surface area contributed by atoms with Crippen LogP contribution in [-0.2, 0) is 9.59 Å². The molecule has 18 heavy (non-hydrogen) atoms. The standard InChI is InChI=1S/C14H23NO3/c1-13(6-5-7-13)11(16)15-10-14(12(17)18)8-3-2-4-9-14/h2-10H2,1H3,(H,15,16)(H,17,18). The fourth-order valence-electron chi connectivity index (χ4n) is 3.09. The van der Waals surface area contributed by atoms with Crippen molar-refractivity contribution in [3.63, 3.8) is 0 Å². The molecule has 0 bridgehead atoms. The lowest BCUT2D eigenvalue weighted by Gasteiger charge is -2.39. The Hall–Kier alpha value is -1.06. The predicted octanol–water partition coefficient (Wildman–Crippen LogP) is 2.33. The van der Waals surface area contributed by atoms with Crippen molar-refractivity contribution in [3.8, 4) is 0 Å². The average Bonchev–Trinajstić information content (AvgIpc) is 2.34. The number of nitrogens with one attached hydrogen (secondary N) is 1. The highest BCUT2D eigenvalue weighted by Crippen LogP contribution is 2.41. The number of carboxylic acids is 1. The maximum absolute atomic E-state index is 12.1. The van der Waals surface area contributed by atoms with Gasteiger partial charge in [0.2, 0.25) is 5.91 Å². The van der Waals surface area contributed by atoms with Gasteiger partial charge in [-0.3, -0.25) is 9.59 Å². The van der Waals surface area contributed by atoms with Gasteiger partial charge >= 0.3 is 5.97 Å². The van der Waals surface area contributed by atoms with Crippen LogP contribution in [0.2, 0.25) is 0 Å². The van der Waals surface area contributed by atoms with Crippen molar-refractivity contribution in [2.75, 3.05) is 6.54 Å². The van der Waals surface area contributed by atoms with Crippen molar-refractivity contribution >= 4 is 11.9 Å². The van der Waals surface area contributed by atoms with Gasteiger partial charge in [0.1, 0.15) is 0 Å². The SMILES string of the molecule is CC1(C(=O)NCC2(C(=O)O)CCCCC2)CCC1. The van der Waals surface area contributed by atoms with Gasteiger partial charge in [-0.05, 0) is 25.7 Å². The maximum Gasteiger partial charge on any atom is 0.311 e. The Bertz CT molecular complexity index is 341. The van der Waals surface area contributed by atoms with E-state index in [2.05, 4.69) is 5.32 Å². The second-order valence-electron chi connectivity index (χ2n) is 6.24. The first-order chi connectivity index (χ1) is 8.49. The summed E-state index contributed by atoms with van der Waals surface area (Å²) in [6.07, 6.45) is 7.38. The molecule has 0 aromatic heterocycles. The Morgan fingerprint density at radius 1 is 1.06 bits per heavy atom. The van der Waals surface area contributed by atoms with E-state index in [1.165, 1.54) is 0 Å². The number of carbonyl (C=O) groups excluding carboxylic acids is 1. The Balaban J connectivity index is 1.93. The van der Waals surface area contributed by atoms with Crippen LogP contribution in [0, 0.1) is 10.8 Å². The zero-order valence-electron chi connectivity index (χ0n) is 11.1. The highest BCUT2D eigenvalue weighted by Gasteiger charge is 2.43. The Labute approximate surface area is 108 Å². The van der Waals surface area contributed by atoms with Gasteiger partial charge in [0.25, 0.3) is 0 Å². The number of rotatable bonds is 4. The highest BCUT2D eigenvalue weighted by molar-refractivity contribution is 5.84. The maximum atomic E-state index is 12.1. The second kappa shape index (κ2) is 4.90. The minimum Gasteiger partial charge on any atom is -0.481 e. The van der Waals surface area contributed by atoms with Crippen LogP contribution in [-0.4, -0.2) is 23.5 Å². The molecule has 2 N–H and O–H groups in total. The largest absolute Gasteiger partial charge is 0.481 e.